The summed E-state index contributed by atoms with van der Waals surface area (Å²) in [6.45, 7) is 4.70. The molecule has 0 bridgehead atoms. The minimum atomic E-state index is -0.581. The number of benzene rings is 1. The molecular weight excluding hydrogens is 240 g/mol. The molecule has 1 aromatic carbocycles. The molecule has 0 fully saturated rings. The largest absolute Gasteiger partial charge is 0.387 e. The van der Waals surface area contributed by atoms with Gasteiger partial charge in [0, 0.05) is 12.6 Å². The first-order valence-electron chi connectivity index (χ1n) is 6.86. The lowest BCUT2D eigenvalue weighted by Gasteiger charge is -2.15. The van der Waals surface area contributed by atoms with Crippen molar-refractivity contribution in [3.8, 4) is 0 Å². The van der Waals surface area contributed by atoms with Crippen LogP contribution in [-0.4, -0.2) is 30.1 Å². The molecule has 2 atom stereocenters. The molecule has 0 saturated carbocycles. The SMILES string of the molecule is CCCC(C)NC(=O)CNCC(O)c1ccccc1. The van der Waals surface area contributed by atoms with Gasteiger partial charge in [0.25, 0.3) is 0 Å². The van der Waals surface area contributed by atoms with Crippen LogP contribution in [0.2, 0.25) is 0 Å². The summed E-state index contributed by atoms with van der Waals surface area (Å²) < 4.78 is 0. The monoisotopic (exact) mass is 264 g/mol. The molecule has 4 heteroatoms. The van der Waals surface area contributed by atoms with Crippen LogP contribution < -0.4 is 10.6 Å². The second kappa shape index (κ2) is 8.67. The molecule has 106 valence electrons. The Morgan fingerprint density at radius 1 is 1.32 bits per heavy atom. The Hall–Kier alpha value is -1.39. The molecule has 0 aliphatic rings. The van der Waals surface area contributed by atoms with E-state index >= 15 is 0 Å². The van der Waals surface area contributed by atoms with Gasteiger partial charge in [-0.15, -0.1) is 0 Å². The minimum absolute atomic E-state index is 0.0267. The highest BCUT2D eigenvalue weighted by molar-refractivity contribution is 5.78. The Balaban J connectivity index is 2.21. The van der Waals surface area contributed by atoms with Crippen LogP contribution in [0.5, 0.6) is 0 Å². The minimum Gasteiger partial charge on any atom is -0.387 e. The fraction of sp³-hybridized carbons (Fsp3) is 0.533. The number of aliphatic hydroxyl groups excluding tert-OH is 1. The van der Waals surface area contributed by atoms with Crippen molar-refractivity contribution in [1.82, 2.24) is 10.6 Å². The summed E-state index contributed by atoms with van der Waals surface area (Å²) >= 11 is 0. The molecule has 0 heterocycles. The summed E-state index contributed by atoms with van der Waals surface area (Å²) in [6, 6.07) is 9.63. The van der Waals surface area contributed by atoms with Crippen molar-refractivity contribution in [1.29, 1.82) is 0 Å². The molecule has 0 radical (unpaired) electrons. The van der Waals surface area contributed by atoms with E-state index in [0.717, 1.165) is 18.4 Å². The first-order valence-corrected chi connectivity index (χ1v) is 6.86. The summed E-state index contributed by atoms with van der Waals surface area (Å²) in [5.74, 6) is -0.0267. The average molecular weight is 264 g/mol. The number of carbonyl (C=O) groups is 1. The third-order valence-electron chi connectivity index (χ3n) is 2.94. The number of hydrogen-bond acceptors (Lipinski definition) is 3. The maximum Gasteiger partial charge on any atom is 0.234 e. The molecule has 4 nitrogen and oxygen atoms in total. The molecule has 0 aromatic heterocycles. The van der Waals surface area contributed by atoms with E-state index in [1.54, 1.807) is 0 Å². The van der Waals surface area contributed by atoms with Crippen LogP contribution in [0.4, 0.5) is 0 Å². The number of amides is 1. The smallest absolute Gasteiger partial charge is 0.234 e. The second-order valence-electron chi connectivity index (χ2n) is 4.81. The van der Waals surface area contributed by atoms with Crippen LogP contribution in [0.25, 0.3) is 0 Å². The Bertz CT molecular complexity index is 368. The highest BCUT2D eigenvalue weighted by Crippen LogP contribution is 2.10. The first-order chi connectivity index (χ1) is 9.13. The summed E-state index contributed by atoms with van der Waals surface area (Å²) in [4.78, 5) is 11.6. The van der Waals surface area contributed by atoms with Gasteiger partial charge in [-0.3, -0.25) is 4.79 Å². The molecule has 0 saturated heterocycles. The van der Waals surface area contributed by atoms with Gasteiger partial charge in [0.2, 0.25) is 5.91 Å². The number of rotatable bonds is 8. The molecule has 1 aromatic rings. The molecule has 0 aliphatic carbocycles. The van der Waals surface area contributed by atoms with Crippen LogP contribution in [0.3, 0.4) is 0 Å². The van der Waals surface area contributed by atoms with E-state index in [-0.39, 0.29) is 18.5 Å². The summed E-state index contributed by atoms with van der Waals surface area (Å²) in [5, 5.41) is 15.8. The number of aliphatic hydroxyl groups is 1. The van der Waals surface area contributed by atoms with Crippen LogP contribution in [-0.2, 0) is 4.79 Å². The number of carbonyl (C=O) groups excluding carboxylic acids is 1. The third-order valence-corrected chi connectivity index (χ3v) is 2.94. The molecule has 1 amide bonds. The number of hydrogen-bond donors (Lipinski definition) is 3. The molecule has 0 spiro atoms. The van der Waals surface area contributed by atoms with E-state index < -0.39 is 6.10 Å². The Morgan fingerprint density at radius 2 is 2.00 bits per heavy atom. The van der Waals surface area contributed by atoms with E-state index in [1.165, 1.54) is 0 Å². The number of nitrogens with one attached hydrogen (secondary N) is 2. The van der Waals surface area contributed by atoms with Crippen molar-refractivity contribution in [2.24, 2.45) is 0 Å². The Kier molecular flexibility index (Phi) is 7.15. The molecule has 0 aliphatic heterocycles. The second-order valence-corrected chi connectivity index (χ2v) is 4.81. The summed E-state index contributed by atoms with van der Waals surface area (Å²) in [6.07, 6.45) is 1.46. The summed E-state index contributed by atoms with van der Waals surface area (Å²) in [7, 11) is 0. The fourth-order valence-corrected chi connectivity index (χ4v) is 1.95. The van der Waals surface area contributed by atoms with Crippen molar-refractivity contribution < 1.29 is 9.90 Å². The predicted octanol–water partition coefficient (Wildman–Crippen LogP) is 1.61. The fourth-order valence-electron chi connectivity index (χ4n) is 1.95. The molecule has 3 N–H and O–H groups in total. The van der Waals surface area contributed by atoms with Crippen molar-refractivity contribution in [3.05, 3.63) is 35.9 Å². The average Bonchev–Trinajstić information content (AvgIpc) is 2.39. The van der Waals surface area contributed by atoms with Crippen molar-refractivity contribution in [2.45, 2.75) is 38.8 Å². The van der Waals surface area contributed by atoms with Gasteiger partial charge in [-0.2, -0.15) is 0 Å². The Labute approximate surface area is 115 Å². The van der Waals surface area contributed by atoms with Gasteiger partial charge in [0.1, 0.15) is 0 Å². The predicted molar refractivity (Wildman–Crippen MR) is 76.8 cm³/mol. The van der Waals surface area contributed by atoms with Crippen molar-refractivity contribution in [2.75, 3.05) is 13.1 Å². The Morgan fingerprint density at radius 3 is 2.63 bits per heavy atom. The standard InChI is InChI=1S/C15H24N2O2/c1-3-7-12(2)17-15(19)11-16-10-14(18)13-8-5-4-6-9-13/h4-6,8-9,12,14,16,18H,3,7,10-11H2,1-2H3,(H,17,19). The quantitative estimate of drug-likeness (QED) is 0.668. The zero-order valence-corrected chi connectivity index (χ0v) is 11.7. The van der Waals surface area contributed by atoms with Crippen LogP contribution in [0, 0.1) is 0 Å². The molecule has 2 unspecified atom stereocenters. The van der Waals surface area contributed by atoms with E-state index in [9.17, 15) is 9.90 Å². The van der Waals surface area contributed by atoms with E-state index in [4.69, 9.17) is 0 Å². The van der Waals surface area contributed by atoms with Gasteiger partial charge < -0.3 is 15.7 Å². The van der Waals surface area contributed by atoms with Gasteiger partial charge in [0.15, 0.2) is 0 Å². The van der Waals surface area contributed by atoms with E-state index in [1.807, 2.05) is 37.3 Å². The lowest BCUT2D eigenvalue weighted by Crippen LogP contribution is -2.39. The lowest BCUT2D eigenvalue weighted by atomic mass is 10.1. The van der Waals surface area contributed by atoms with Crippen LogP contribution in [0.15, 0.2) is 30.3 Å². The van der Waals surface area contributed by atoms with Gasteiger partial charge in [-0.25, -0.2) is 0 Å². The third kappa shape index (κ3) is 6.36. The molecule has 1 rings (SSSR count). The van der Waals surface area contributed by atoms with Crippen molar-refractivity contribution in [3.63, 3.8) is 0 Å². The molecular formula is C15H24N2O2. The van der Waals surface area contributed by atoms with E-state index in [0.29, 0.717) is 6.54 Å². The highest BCUT2D eigenvalue weighted by atomic mass is 16.3. The maximum atomic E-state index is 11.6. The lowest BCUT2D eigenvalue weighted by molar-refractivity contribution is -0.120. The van der Waals surface area contributed by atoms with Gasteiger partial charge in [0.05, 0.1) is 12.6 Å². The zero-order valence-electron chi connectivity index (χ0n) is 11.7. The van der Waals surface area contributed by atoms with Crippen molar-refractivity contribution >= 4 is 5.91 Å². The molecule has 19 heavy (non-hydrogen) atoms. The van der Waals surface area contributed by atoms with Crippen LogP contribution in [0.1, 0.15) is 38.4 Å². The topological polar surface area (TPSA) is 61.4 Å². The van der Waals surface area contributed by atoms with Gasteiger partial charge >= 0.3 is 0 Å². The zero-order chi connectivity index (χ0) is 14.1. The van der Waals surface area contributed by atoms with Gasteiger partial charge in [-0.1, -0.05) is 43.7 Å². The van der Waals surface area contributed by atoms with Crippen LogP contribution >= 0.6 is 0 Å². The van der Waals surface area contributed by atoms with E-state index in [2.05, 4.69) is 17.6 Å². The maximum absolute atomic E-state index is 11.6. The first kappa shape index (κ1) is 15.7. The van der Waals surface area contributed by atoms with Gasteiger partial charge in [-0.05, 0) is 18.9 Å². The normalized spacial score (nSPS) is 13.8. The highest BCUT2D eigenvalue weighted by Gasteiger charge is 2.09. The summed E-state index contributed by atoms with van der Waals surface area (Å²) in [5.41, 5.74) is 0.856.